The van der Waals surface area contributed by atoms with Gasteiger partial charge in [0, 0.05) is 13.2 Å². The Morgan fingerprint density at radius 2 is 2.22 bits per heavy atom. The van der Waals surface area contributed by atoms with Crippen molar-refractivity contribution >= 4 is 0 Å². The molecule has 5 heteroatoms. The van der Waals surface area contributed by atoms with E-state index in [4.69, 9.17) is 15.0 Å². The van der Waals surface area contributed by atoms with Crippen molar-refractivity contribution in [1.82, 2.24) is 10.1 Å². The molecule has 102 valence electrons. The zero-order valence-electron chi connectivity index (χ0n) is 11.5. The van der Waals surface area contributed by atoms with Gasteiger partial charge in [0.15, 0.2) is 0 Å². The average Bonchev–Trinajstić information content (AvgIpc) is 2.95. The van der Waals surface area contributed by atoms with Crippen molar-refractivity contribution in [3.63, 3.8) is 0 Å². The molecule has 2 rings (SSSR count). The van der Waals surface area contributed by atoms with Gasteiger partial charge in [-0.3, -0.25) is 0 Å². The van der Waals surface area contributed by atoms with Crippen LogP contribution in [0.25, 0.3) is 0 Å². The first kappa shape index (κ1) is 13.5. The smallest absolute Gasteiger partial charge is 0.231 e. The van der Waals surface area contributed by atoms with Crippen LogP contribution in [0.3, 0.4) is 0 Å². The number of hydrogen-bond acceptors (Lipinski definition) is 5. The molecule has 0 radical (unpaired) electrons. The second-order valence-corrected chi connectivity index (χ2v) is 5.70. The third-order valence-electron chi connectivity index (χ3n) is 3.52. The summed E-state index contributed by atoms with van der Waals surface area (Å²) in [5, 5.41) is 4.08. The van der Waals surface area contributed by atoms with Crippen LogP contribution in [0.2, 0.25) is 0 Å². The van der Waals surface area contributed by atoms with Crippen LogP contribution in [0, 0.1) is 5.92 Å². The van der Waals surface area contributed by atoms with Crippen LogP contribution in [0.1, 0.15) is 57.7 Å². The molecule has 2 unspecified atom stereocenters. The van der Waals surface area contributed by atoms with E-state index in [1.165, 1.54) is 0 Å². The maximum absolute atomic E-state index is 5.79. The van der Waals surface area contributed by atoms with Crippen LogP contribution in [0.5, 0.6) is 0 Å². The van der Waals surface area contributed by atoms with Gasteiger partial charge in [-0.05, 0) is 32.1 Å². The van der Waals surface area contributed by atoms with Crippen molar-refractivity contribution in [3.05, 3.63) is 11.7 Å². The number of hydrogen-bond donors (Lipinski definition) is 1. The van der Waals surface area contributed by atoms with E-state index in [1.807, 2.05) is 6.92 Å². The highest BCUT2D eigenvalue weighted by atomic mass is 16.5. The topological polar surface area (TPSA) is 74.2 Å². The number of nitrogens with two attached hydrogens (primary N) is 1. The summed E-state index contributed by atoms with van der Waals surface area (Å²) < 4.78 is 11.1. The lowest BCUT2D eigenvalue weighted by Gasteiger charge is -2.17. The van der Waals surface area contributed by atoms with Crippen molar-refractivity contribution in [2.45, 2.75) is 51.6 Å². The Bertz CT molecular complexity index is 383. The number of aromatic nitrogens is 2. The van der Waals surface area contributed by atoms with E-state index in [1.54, 1.807) is 0 Å². The summed E-state index contributed by atoms with van der Waals surface area (Å²) in [4.78, 5) is 4.51. The molecule has 18 heavy (non-hydrogen) atoms. The first-order valence-electron chi connectivity index (χ1n) is 6.73. The van der Waals surface area contributed by atoms with Gasteiger partial charge < -0.3 is 15.0 Å². The molecule has 1 aliphatic rings. The molecule has 2 atom stereocenters. The van der Waals surface area contributed by atoms with E-state index in [-0.39, 0.29) is 11.5 Å². The van der Waals surface area contributed by atoms with Crippen molar-refractivity contribution < 1.29 is 9.26 Å². The Morgan fingerprint density at radius 3 is 2.78 bits per heavy atom. The van der Waals surface area contributed by atoms with Gasteiger partial charge >= 0.3 is 0 Å². The van der Waals surface area contributed by atoms with Gasteiger partial charge in [-0.25, -0.2) is 0 Å². The normalized spacial score (nSPS) is 25.8. The molecule has 2 N–H and O–H groups in total. The van der Waals surface area contributed by atoms with E-state index >= 15 is 0 Å². The van der Waals surface area contributed by atoms with Crippen LogP contribution >= 0.6 is 0 Å². The van der Waals surface area contributed by atoms with Crippen molar-refractivity contribution in [2.24, 2.45) is 11.7 Å². The molecule has 1 aliphatic heterocycles. The van der Waals surface area contributed by atoms with Crippen LogP contribution < -0.4 is 5.73 Å². The average molecular weight is 253 g/mol. The van der Waals surface area contributed by atoms with E-state index < -0.39 is 0 Å². The van der Waals surface area contributed by atoms with Gasteiger partial charge in [0.25, 0.3) is 0 Å². The minimum absolute atomic E-state index is 0.149. The summed E-state index contributed by atoms with van der Waals surface area (Å²) in [6, 6.07) is 0. The first-order chi connectivity index (χ1) is 8.55. The van der Waals surface area contributed by atoms with Crippen LogP contribution in [0.4, 0.5) is 0 Å². The fourth-order valence-electron chi connectivity index (χ4n) is 2.44. The Balaban J connectivity index is 2.13. The highest BCUT2D eigenvalue weighted by Crippen LogP contribution is 2.34. The van der Waals surface area contributed by atoms with Crippen LogP contribution in [-0.4, -0.2) is 23.3 Å². The molecule has 5 nitrogen and oxygen atoms in total. The summed E-state index contributed by atoms with van der Waals surface area (Å²) in [6.45, 7) is 7.67. The Kier molecular flexibility index (Phi) is 4.02. The van der Waals surface area contributed by atoms with Crippen LogP contribution in [0.15, 0.2) is 4.52 Å². The predicted molar refractivity (Wildman–Crippen MR) is 68.1 cm³/mol. The number of rotatable bonds is 5. The molecule has 0 aliphatic carbocycles. The summed E-state index contributed by atoms with van der Waals surface area (Å²) in [7, 11) is 0. The van der Waals surface area contributed by atoms with Crippen molar-refractivity contribution in [3.8, 4) is 0 Å². The molecule has 0 bridgehead atoms. The zero-order chi connectivity index (χ0) is 13.2. The number of ether oxygens (including phenoxy) is 1. The third-order valence-corrected chi connectivity index (χ3v) is 3.52. The van der Waals surface area contributed by atoms with Gasteiger partial charge in [-0.15, -0.1) is 0 Å². The summed E-state index contributed by atoms with van der Waals surface area (Å²) in [5.74, 6) is 2.03. The second-order valence-electron chi connectivity index (χ2n) is 5.70. The summed E-state index contributed by atoms with van der Waals surface area (Å²) >= 11 is 0. The van der Waals surface area contributed by atoms with E-state index in [0.29, 0.717) is 24.2 Å². The number of nitrogens with zero attached hydrogens (tertiary/aromatic N) is 2. The largest absolute Gasteiger partial charge is 0.367 e. The maximum Gasteiger partial charge on any atom is 0.231 e. The minimum Gasteiger partial charge on any atom is -0.367 e. The van der Waals surface area contributed by atoms with Gasteiger partial charge in [-0.1, -0.05) is 19.0 Å². The van der Waals surface area contributed by atoms with Crippen molar-refractivity contribution in [1.29, 1.82) is 0 Å². The molecule has 0 amide bonds. The molecule has 1 fully saturated rings. The van der Waals surface area contributed by atoms with E-state index in [9.17, 15) is 0 Å². The van der Waals surface area contributed by atoms with E-state index in [2.05, 4.69) is 24.0 Å². The van der Waals surface area contributed by atoms with Gasteiger partial charge in [0.2, 0.25) is 11.7 Å². The Hall–Kier alpha value is -0.940. The van der Waals surface area contributed by atoms with Gasteiger partial charge in [-0.2, -0.15) is 4.98 Å². The Labute approximate surface area is 108 Å². The quantitative estimate of drug-likeness (QED) is 0.870. The molecule has 0 aromatic carbocycles. The van der Waals surface area contributed by atoms with E-state index in [0.717, 1.165) is 25.9 Å². The van der Waals surface area contributed by atoms with Gasteiger partial charge in [0.05, 0.1) is 5.92 Å². The standard InChI is InChI=1S/C13H23N3O2/c1-9(2)7-10(8-14)11-15-12(16-18-11)13(3)5-4-6-17-13/h9-10H,4-8,14H2,1-3H3. The lowest BCUT2D eigenvalue weighted by atomic mass is 9.97. The SMILES string of the molecule is CC(C)CC(CN)c1nc(C2(C)CCCO2)no1. The summed E-state index contributed by atoms with van der Waals surface area (Å²) in [5.41, 5.74) is 5.41. The fourth-order valence-corrected chi connectivity index (χ4v) is 2.44. The molecular weight excluding hydrogens is 230 g/mol. The minimum atomic E-state index is -0.376. The zero-order valence-corrected chi connectivity index (χ0v) is 11.5. The Morgan fingerprint density at radius 1 is 1.44 bits per heavy atom. The fraction of sp³-hybridized carbons (Fsp3) is 0.846. The molecule has 0 saturated carbocycles. The lowest BCUT2D eigenvalue weighted by molar-refractivity contribution is 0.00768. The third kappa shape index (κ3) is 2.72. The monoisotopic (exact) mass is 253 g/mol. The molecule has 1 aromatic rings. The molecule has 2 heterocycles. The van der Waals surface area contributed by atoms with Crippen molar-refractivity contribution in [2.75, 3.05) is 13.2 Å². The lowest BCUT2D eigenvalue weighted by Crippen LogP contribution is -2.22. The van der Waals surface area contributed by atoms with Crippen LogP contribution in [-0.2, 0) is 10.3 Å². The summed E-state index contributed by atoms with van der Waals surface area (Å²) in [6.07, 6.45) is 2.96. The molecule has 1 aromatic heterocycles. The first-order valence-corrected chi connectivity index (χ1v) is 6.73. The second kappa shape index (κ2) is 5.36. The molecule has 0 spiro atoms. The molecular formula is C13H23N3O2. The molecule has 1 saturated heterocycles. The predicted octanol–water partition coefficient (Wildman–Crippen LogP) is 2.18. The highest BCUT2D eigenvalue weighted by Gasteiger charge is 2.37. The van der Waals surface area contributed by atoms with Gasteiger partial charge in [0.1, 0.15) is 5.60 Å². The highest BCUT2D eigenvalue weighted by molar-refractivity contribution is 5.04. The maximum atomic E-state index is 5.79.